The topological polar surface area (TPSA) is 28.7 Å². The molecule has 0 amide bonds. The summed E-state index contributed by atoms with van der Waals surface area (Å²) in [6.45, 7) is 6.46. The van der Waals surface area contributed by atoms with Gasteiger partial charge >= 0.3 is 0 Å². The van der Waals surface area contributed by atoms with Crippen LogP contribution in [0, 0.1) is 0 Å². The molecule has 2 nitrogen and oxygen atoms in total. The summed E-state index contributed by atoms with van der Waals surface area (Å²) in [6, 6.07) is 20.3. The van der Waals surface area contributed by atoms with Crippen molar-refractivity contribution < 1.29 is 0 Å². The summed E-state index contributed by atoms with van der Waals surface area (Å²) in [4.78, 5) is 7.00. The van der Waals surface area contributed by atoms with E-state index >= 15 is 0 Å². The second-order valence-corrected chi connectivity index (χ2v) is 6.53. The van der Waals surface area contributed by atoms with E-state index in [9.17, 15) is 0 Å². The standard InChI is InChI=1S/C14H11B.C7H12N2/c15-11-14(12-7-3-1-4-8-12)13-9-5-2-6-10-13;1-7(2,3)6-4-8-5-9-6/h1-11H;4-5H,1-3H3,(H,8,9). The molecule has 2 aromatic carbocycles. The maximum absolute atomic E-state index is 5.67. The van der Waals surface area contributed by atoms with Gasteiger partial charge in [-0.25, -0.2) is 4.98 Å². The Morgan fingerprint density at radius 2 is 1.42 bits per heavy atom. The number of imidazole rings is 1. The second kappa shape index (κ2) is 8.35. The highest BCUT2D eigenvalue weighted by Crippen LogP contribution is 2.21. The van der Waals surface area contributed by atoms with Crippen molar-refractivity contribution >= 4 is 13.4 Å². The Morgan fingerprint density at radius 1 is 0.917 bits per heavy atom. The zero-order valence-corrected chi connectivity index (χ0v) is 14.5. The summed E-state index contributed by atoms with van der Waals surface area (Å²) in [5.41, 5.74) is 4.74. The van der Waals surface area contributed by atoms with Crippen molar-refractivity contribution in [1.82, 2.24) is 9.97 Å². The lowest BCUT2D eigenvalue weighted by atomic mass is 9.92. The molecule has 0 fully saturated rings. The first-order chi connectivity index (χ1) is 11.5. The maximum Gasteiger partial charge on any atom is 0.103 e. The van der Waals surface area contributed by atoms with Crippen molar-refractivity contribution in [3.05, 3.63) is 96.0 Å². The van der Waals surface area contributed by atoms with E-state index in [0.717, 1.165) is 16.7 Å². The van der Waals surface area contributed by atoms with Crippen LogP contribution in [0.25, 0.3) is 5.57 Å². The first-order valence-electron chi connectivity index (χ1n) is 8.04. The molecule has 0 unspecified atom stereocenters. The van der Waals surface area contributed by atoms with Crippen LogP contribution in [-0.4, -0.2) is 17.8 Å². The monoisotopic (exact) mass is 314 g/mol. The van der Waals surface area contributed by atoms with Crippen molar-refractivity contribution in [3.63, 3.8) is 0 Å². The number of aromatic amines is 1. The Hall–Kier alpha value is -2.55. The van der Waals surface area contributed by atoms with Gasteiger partial charge in [-0.2, -0.15) is 0 Å². The first-order valence-corrected chi connectivity index (χ1v) is 8.04. The first kappa shape index (κ1) is 17.8. The van der Waals surface area contributed by atoms with E-state index in [0.29, 0.717) is 0 Å². The maximum atomic E-state index is 5.67. The summed E-state index contributed by atoms with van der Waals surface area (Å²) in [5.74, 6) is 1.66. The molecule has 120 valence electrons. The van der Waals surface area contributed by atoms with Crippen molar-refractivity contribution in [3.8, 4) is 0 Å². The van der Waals surface area contributed by atoms with Gasteiger partial charge in [-0.1, -0.05) is 81.4 Å². The molecule has 1 N–H and O–H groups in total. The molecular formula is C21H23BN2. The van der Waals surface area contributed by atoms with E-state index in [1.54, 1.807) is 12.3 Å². The van der Waals surface area contributed by atoms with Crippen LogP contribution in [0.5, 0.6) is 0 Å². The van der Waals surface area contributed by atoms with E-state index < -0.39 is 0 Å². The fourth-order valence-electron chi connectivity index (χ4n) is 2.26. The van der Waals surface area contributed by atoms with Crippen LogP contribution < -0.4 is 0 Å². The molecular weight excluding hydrogens is 291 g/mol. The number of benzene rings is 2. The predicted molar refractivity (Wildman–Crippen MR) is 103 cm³/mol. The van der Waals surface area contributed by atoms with E-state index in [1.165, 1.54) is 5.69 Å². The Bertz CT molecular complexity index is 698. The minimum absolute atomic E-state index is 0.205. The van der Waals surface area contributed by atoms with Crippen LogP contribution in [0.1, 0.15) is 37.6 Å². The normalized spacial score (nSPS) is 10.5. The summed E-state index contributed by atoms with van der Waals surface area (Å²) < 4.78 is 0. The number of hydrogen-bond acceptors (Lipinski definition) is 1. The average Bonchev–Trinajstić information content (AvgIpc) is 3.13. The Labute approximate surface area is 146 Å². The van der Waals surface area contributed by atoms with Crippen LogP contribution >= 0.6 is 0 Å². The molecule has 3 aromatic rings. The van der Waals surface area contributed by atoms with Crippen LogP contribution in [0.3, 0.4) is 0 Å². The van der Waals surface area contributed by atoms with Crippen molar-refractivity contribution in [2.24, 2.45) is 0 Å². The average molecular weight is 314 g/mol. The lowest BCUT2D eigenvalue weighted by Crippen LogP contribution is -2.10. The molecule has 0 saturated carbocycles. The van der Waals surface area contributed by atoms with E-state index in [4.69, 9.17) is 7.85 Å². The molecule has 0 aliphatic heterocycles. The predicted octanol–water partition coefficient (Wildman–Crippen LogP) is 4.95. The summed E-state index contributed by atoms with van der Waals surface area (Å²) in [6.07, 6.45) is 3.57. The zero-order chi connectivity index (χ0) is 17.4. The number of H-pyrrole nitrogens is 1. The van der Waals surface area contributed by atoms with Crippen LogP contribution in [0.4, 0.5) is 0 Å². The molecule has 1 heterocycles. The third-order valence-corrected chi connectivity index (χ3v) is 3.64. The van der Waals surface area contributed by atoms with Crippen LogP contribution in [0.2, 0.25) is 0 Å². The molecule has 0 aliphatic carbocycles. The Kier molecular flexibility index (Phi) is 6.19. The smallest absolute Gasteiger partial charge is 0.103 e. The van der Waals surface area contributed by atoms with Gasteiger partial charge in [0.2, 0.25) is 0 Å². The molecule has 0 spiro atoms. The summed E-state index contributed by atoms with van der Waals surface area (Å²) in [7, 11) is 5.67. The molecule has 0 aliphatic rings. The third kappa shape index (κ3) is 4.99. The van der Waals surface area contributed by atoms with Gasteiger partial charge in [-0.05, 0) is 16.7 Å². The number of hydrogen-bond donors (Lipinski definition) is 1. The van der Waals surface area contributed by atoms with Gasteiger partial charge in [-0.3, -0.25) is 0 Å². The summed E-state index contributed by atoms with van der Waals surface area (Å²) >= 11 is 0. The minimum Gasteiger partial charge on any atom is -0.348 e. The van der Waals surface area contributed by atoms with Gasteiger partial charge in [-0.15, -0.1) is 5.98 Å². The van der Waals surface area contributed by atoms with Gasteiger partial charge in [0.1, 0.15) is 7.85 Å². The van der Waals surface area contributed by atoms with Gasteiger partial charge < -0.3 is 4.98 Å². The molecule has 3 heteroatoms. The quantitative estimate of drug-likeness (QED) is 0.666. The highest BCUT2D eigenvalue weighted by Gasteiger charge is 2.13. The molecule has 3 rings (SSSR count). The lowest BCUT2D eigenvalue weighted by Gasteiger charge is -2.14. The number of rotatable bonds is 2. The zero-order valence-electron chi connectivity index (χ0n) is 14.5. The van der Waals surface area contributed by atoms with E-state index in [1.807, 2.05) is 42.6 Å². The van der Waals surface area contributed by atoms with Crippen LogP contribution in [0.15, 0.2) is 79.2 Å². The van der Waals surface area contributed by atoms with E-state index in [-0.39, 0.29) is 5.41 Å². The SMILES string of the molecule is CC(C)(C)c1cnc[nH]1.[B]C=C(c1ccccc1)c1ccccc1. The van der Waals surface area contributed by atoms with Crippen molar-refractivity contribution in [2.75, 3.05) is 0 Å². The molecule has 0 saturated heterocycles. The number of nitrogens with one attached hydrogen (secondary N) is 1. The minimum atomic E-state index is 0.205. The fourth-order valence-corrected chi connectivity index (χ4v) is 2.26. The fraction of sp³-hybridized carbons (Fsp3) is 0.190. The largest absolute Gasteiger partial charge is 0.348 e. The van der Waals surface area contributed by atoms with Gasteiger partial charge in [0, 0.05) is 17.3 Å². The molecule has 0 bridgehead atoms. The van der Waals surface area contributed by atoms with Gasteiger partial charge in [0.05, 0.1) is 6.33 Å². The second-order valence-electron chi connectivity index (χ2n) is 6.53. The van der Waals surface area contributed by atoms with Crippen LogP contribution in [-0.2, 0) is 5.41 Å². The molecule has 24 heavy (non-hydrogen) atoms. The number of nitrogens with zero attached hydrogens (tertiary/aromatic N) is 1. The summed E-state index contributed by atoms with van der Waals surface area (Å²) in [5, 5.41) is 0. The Balaban J connectivity index is 0.000000198. The lowest BCUT2D eigenvalue weighted by molar-refractivity contribution is 0.572. The Morgan fingerprint density at radius 3 is 1.71 bits per heavy atom. The van der Waals surface area contributed by atoms with Gasteiger partial charge in [0.25, 0.3) is 0 Å². The highest BCUT2D eigenvalue weighted by molar-refractivity contribution is 6.21. The van der Waals surface area contributed by atoms with Crippen molar-refractivity contribution in [2.45, 2.75) is 26.2 Å². The van der Waals surface area contributed by atoms with Gasteiger partial charge in [0.15, 0.2) is 0 Å². The molecule has 2 radical (unpaired) electrons. The highest BCUT2D eigenvalue weighted by atomic mass is 14.9. The third-order valence-electron chi connectivity index (χ3n) is 3.64. The van der Waals surface area contributed by atoms with Crippen molar-refractivity contribution in [1.29, 1.82) is 0 Å². The molecule has 0 atom stereocenters. The number of aromatic nitrogens is 2. The van der Waals surface area contributed by atoms with E-state index in [2.05, 4.69) is 55.0 Å². The molecule has 1 aromatic heterocycles.